The van der Waals surface area contributed by atoms with Crippen LogP contribution in [-0.4, -0.2) is 11.3 Å². The molecule has 0 rings (SSSR count). The molecule has 0 aromatic rings. The lowest BCUT2D eigenvalue weighted by atomic mass is 10.8. The third-order valence-corrected chi connectivity index (χ3v) is 1.50. The van der Waals surface area contributed by atoms with Gasteiger partial charge in [-0.15, -0.1) is 11.8 Å². The van der Waals surface area contributed by atoms with Crippen molar-refractivity contribution in [2.24, 2.45) is 4.99 Å². The second-order valence-electron chi connectivity index (χ2n) is 1.21. The van der Waals surface area contributed by atoms with E-state index >= 15 is 0 Å². The van der Waals surface area contributed by atoms with Crippen LogP contribution in [0.5, 0.6) is 0 Å². The molecule has 0 atom stereocenters. The Kier molecular flexibility index (Phi) is 4.64. The molecule has 3 heteroatoms. The van der Waals surface area contributed by atoms with Crippen LogP contribution >= 0.6 is 34.4 Å². The van der Waals surface area contributed by atoms with Gasteiger partial charge < -0.3 is 0 Å². The Hall–Kier alpha value is 0.490. The van der Waals surface area contributed by atoms with Crippen LogP contribution in [0.4, 0.5) is 0 Å². The van der Waals surface area contributed by atoms with Crippen molar-refractivity contribution < 1.29 is 0 Å². The molecule has 0 aromatic carbocycles. The van der Waals surface area contributed by atoms with Crippen LogP contribution in [0.3, 0.4) is 0 Å². The number of rotatable bonds is 1. The predicted octanol–water partition coefficient (Wildman–Crippen LogP) is 2.67. The Balaban J connectivity index is 3.75. The van der Waals surface area contributed by atoms with E-state index < -0.39 is 0 Å². The van der Waals surface area contributed by atoms with Gasteiger partial charge in [-0.25, -0.2) is 4.99 Å². The summed E-state index contributed by atoms with van der Waals surface area (Å²) in [6, 6.07) is 0. The highest BCUT2D eigenvalue weighted by Gasteiger charge is 1.83. The summed E-state index contributed by atoms with van der Waals surface area (Å²) in [4.78, 5) is 4.07. The van der Waals surface area contributed by atoms with Crippen LogP contribution in [0.25, 0.3) is 0 Å². The van der Waals surface area contributed by atoms with E-state index in [0.29, 0.717) is 0 Å². The van der Waals surface area contributed by atoms with Gasteiger partial charge in [-0.3, -0.25) is 0 Å². The van der Waals surface area contributed by atoms with Gasteiger partial charge in [-0.1, -0.05) is 6.58 Å². The van der Waals surface area contributed by atoms with Crippen LogP contribution < -0.4 is 0 Å². The average Bonchev–Trinajstić information content (AvgIpc) is 1.65. The summed E-state index contributed by atoms with van der Waals surface area (Å²) in [6.45, 7) is 5.60. The maximum absolute atomic E-state index is 4.07. The molecule has 0 amide bonds. The standard InChI is InChI=1S/C5H8INS/c1-4(6)7-5(2)8-3/h1H2,2-3H3/b7-5-. The molecule has 0 fully saturated rings. The predicted molar refractivity (Wildman–Crippen MR) is 49.8 cm³/mol. The molecule has 46 valence electrons. The Bertz CT molecular complexity index is 120. The normalized spacial score (nSPS) is 11.6. The summed E-state index contributed by atoms with van der Waals surface area (Å²) in [7, 11) is 0. The van der Waals surface area contributed by atoms with Gasteiger partial charge in [0.1, 0.15) is 0 Å². The summed E-state index contributed by atoms with van der Waals surface area (Å²) in [5.74, 6) is 0. The van der Waals surface area contributed by atoms with Gasteiger partial charge in [0.05, 0.1) is 8.75 Å². The first-order valence-electron chi connectivity index (χ1n) is 2.10. The molecule has 0 aliphatic heterocycles. The summed E-state index contributed by atoms with van der Waals surface area (Å²) >= 11 is 3.72. The first-order chi connectivity index (χ1) is 3.66. The van der Waals surface area contributed by atoms with E-state index in [1.165, 1.54) is 0 Å². The molecule has 0 saturated heterocycles. The SMILES string of the molecule is C=C(I)/N=C(/C)SC. The minimum Gasteiger partial charge on any atom is -0.241 e. The maximum Gasteiger partial charge on any atom is 0.0947 e. The van der Waals surface area contributed by atoms with E-state index in [1.54, 1.807) is 11.8 Å². The molecule has 0 heterocycles. The monoisotopic (exact) mass is 241 g/mol. The van der Waals surface area contributed by atoms with Crippen LogP contribution in [0.2, 0.25) is 0 Å². The highest BCUT2D eigenvalue weighted by atomic mass is 127. The quantitative estimate of drug-likeness (QED) is 0.297. The van der Waals surface area contributed by atoms with Crippen LogP contribution in [0, 0.1) is 0 Å². The summed E-state index contributed by atoms with van der Waals surface area (Å²) < 4.78 is 0.842. The van der Waals surface area contributed by atoms with E-state index in [9.17, 15) is 0 Å². The van der Waals surface area contributed by atoms with Crippen molar-refractivity contribution in [1.29, 1.82) is 0 Å². The topological polar surface area (TPSA) is 12.4 Å². The minimum atomic E-state index is 0.842. The van der Waals surface area contributed by atoms with Crippen LogP contribution in [0.1, 0.15) is 6.92 Å². The lowest BCUT2D eigenvalue weighted by Crippen LogP contribution is -1.78. The van der Waals surface area contributed by atoms with Gasteiger partial charge in [0.25, 0.3) is 0 Å². The lowest BCUT2D eigenvalue weighted by molar-refractivity contribution is 1.57. The average molecular weight is 241 g/mol. The fourth-order valence-electron chi connectivity index (χ4n) is 0.216. The van der Waals surface area contributed by atoms with Gasteiger partial charge >= 0.3 is 0 Å². The number of hydrogen-bond acceptors (Lipinski definition) is 2. The summed E-state index contributed by atoms with van der Waals surface area (Å²) in [6.07, 6.45) is 2.00. The zero-order valence-electron chi connectivity index (χ0n) is 4.94. The van der Waals surface area contributed by atoms with Gasteiger partial charge in [-0.2, -0.15) is 0 Å². The highest BCUT2D eigenvalue weighted by molar-refractivity contribution is 14.1. The Labute approximate surface area is 67.8 Å². The van der Waals surface area contributed by atoms with Gasteiger partial charge in [-0.05, 0) is 35.8 Å². The van der Waals surface area contributed by atoms with Crippen molar-refractivity contribution >= 4 is 39.4 Å². The largest absolute Gasteiger partial charge is 0.241 e. The number of thioether (sulfide) groups is 1. The van der Waals surface area contributed by atoms with E-state index in [4.69, 9.17) is 0 Å². The summed E-state index contributed by atoms with van der Waals surface area (Å²) in [5.41, 5.74) is 0. The van der Waals surface area contributed by atoms with Gasteiger partial charge in [0, 0.05) is 0 Å². The van der Waals surface area contributed by atoms with Crippen molar-refractivity contribution in [2.45, 2.75) is 6.92 Å². The molecule has 0 spiro atoms. The van der Waals surface area contributed by atoms with Gasteiger partial charge in [0.15, 0.2) is 0 Å². The molecule has 8 heavy (non-hydrogen) atoms. The van der Waals surface area contributed by atoms with Crippen molar-refractivity contribution in [3.63, 3.8) is 0 Å². The molecule has 0 aromatic heterocycles. The molecular weight excluding hydrogens is 233 g/mol. The van der Waals surface area contributed by atoms with E-state index in [0.717, 1.165) is 8.75 Å². The van der Waals surface area contributed by atoms with Crippen LogP contribution in [-0.2, 0) is 0 Å². The van der Waals surface area contributed by atoms with Crippen molar-refractivity contribution in [3.05, 3.63) is 10.3 Å². The zero-order valence-corrected chi connectivity index (χ0v) is 7.91. The number of hydrogen-bond donors (Lipinski definition) is 0. The lowest BCUT2D eigenvalue weighted by Gasteiger charge is -1.89. The third kappa shape index (κ3) is 4.64. The van der Waals surface area contributed by atoms with E-state index in [1.807, 2.05) is 13.2 Å². The number of aliphatic imine (C=N–C) groups is 1. The molecule has 0 aliphatic carbocycles. The van der Waals surface area contributed by atoms with E-state index in [2.05, 4.69) is 34.2 Å². The highest BCUT2D eigenvalue weighted by Crippen LogP contribution is 2.07. The van der Waals surface area contributed by atoms with E-state index in [-0.39, 0.29) is 0 Å². The second kappa shape index (κ2) is 4.38. The van der Waals surface area contributed by atoms with Crippen molar-refractivity contribution in [2.75, 3.05) is 6.26 Å². The maximum atomic E-state index is 4.07. The van der Waals surface area contributed by atoms with Gasteiger partial charge in [0.2, 0.25) is 0 Å². The molecule has 0 aliphatic rings. The molecule has 0 bridgehead atoms. The molecular formula is C5H8INS. The number of halogens is 1. The summed E-state index contributed by atoms with van der Waals surface area (Å²) in [5, 5.41) is 1.06. The molecule has 0 saturated carbocycles. The zero-order chi connectivity index (χ0) is 6.57. The van der Waals surface area contributed by atoms with Crippen molar-refractivity contribution in [3.8, 4) is 0 Å². The molecule has 0 N–H and O–H groups in total. The van der Waals surface area contributed by atoms with Crippen molar-refractivity contribution in [1.82, 2.24) is 0 Å². The van der Waals surface area contributed by atoms with Crippen LogP contribution in [0.15, 0.2) is 15.3 Å². The third-order valence-electron chi connectivity index (χ3n) is 0.574. The first-order valence-corrected chi connectivity index (χ1v) is 4.41. The smallest absolute Gasteiger partial charge is 0.0947 e. The number of nitrogens with zero attached hydrogens (tertiary/aromatic N) is 1. The first kappa shape index (κ1) is 8.49. The Morgan fingerprint density at radius 1 is 1.75 bits per heavy atom. The molecule has 0 radical (unpaired) electrons. The molecule has 0 unspecified atom stereocenters. The Morgan fingerprint density at radius 3 is 2.38 bits per heavy atom. The Morgan fingerprint density at radius 2 is 2.25 bits per heavy atom. The molecule has 1 nitrogen and oxygen atoms in total. The minimum absolute atomic E-state index is 0.842. The second-order valence-corrected chi connectivity index (χ2v) is 3.46. The fraction of sp³-hybridized carbons (Fsp3) is 0.400. The fourth-order valence-corrected chi connectivity index (χ4v) is 0.943.